The van der Waals surface area contributed by atoms with Gasteiger partial charge in [-0.3, -0.25) is 4.79 Å². The van der Waals surface area contributed by atoms with Gasteiger partial charge in [0, 0.05) is 13.0 Å². The van der Waals surface area contributed by atoms with Crippen LogP contribution in [0.5, 0.6) is 0 Å². The zero-order valence-electron chi connectivity index (χ0n) is 7.98. The number of amides is 1. The largest absolute Gasteiger partial charge is 0.359 e. The number of nitrogens with one attached hydrogen (secondary N) is 1. The van der Waals surface area contributed by atoms with Gasteiger partial charge < -0.3 is 5.32 Å². The lowest BCUT2D eigenvalue weighted by Crippen LogP contribution is -2.31. The molecule has 1 unspecified atom stereocenters. The van der Waals surface area contributed by atoms with Crippen molar-refractivity contribution in [3.63, 3.8) is 0 Å². The van der Waals surface area contributed by atoms with E-state index in [1.165, 1.54) is 0 Å². The summed E-state index contributed by atoms with van der Waals surface area (Å²) in [7, 11) is 1.70. The standard InChI is InChI=1S/C9H19NO/c1-5-7(3)8(6-2)9(11)10-4/h7-8H,5-6H2,1-4H3,(H,10,11)/t7-,8?/m1/s1. The molecule has 2 atom stereocenters. The smallest absolute Gasteiger partial charge is 0.223 e. The van der Waals surface area contributed by atoms with E-state index in [4.69, 9.17) is 0 Å². The maximum absolute atomic E-state index is 11.2. The summed E-state index contributed by atoms with van der Waals surface area (Å²) in [5.41, 5.74) is 0. The Hall–Kier alpha value is -0.530. The van der Waals surface area contributed by atoms with E-state index in [1.807, 2.05) is 0 Å². The minimum atomic E-state index is 0.182. The average Bonchev–Trinajstić information content (AvgIpc) is 2.05. The highest BCUT2D eigenvalue weighted by molar-refractivity contribution is 5.78. The summed E-state index contributed by atoms with van der Waals surface area (Å²) < 4.78 is 0. The Labute approximate surface area is 69.4 Å². The van der Waals surface area contributed by atoms with Crippen LogP contribution in [0.25, 0.3) is 0 Å². The van der Waals surface area contributed by atoms with Crippen molar-refractivity contribution < 1.29 is 4.79 Å². The van der Waals surface area contributed by atoms with Gasteiger partial charge in [-0.15, -0.1) is 0 Å². The minimum absolute atomic E-state index is 0.182. The van der Waals surface area contributed by atoms with Gasteiger partial charge in [0.25, 0.3) is 0 Å². The molecule has 0 rings (SSSR count). The molecule has 0 heterocycles. The summed E-state index contributed by atoms with van der Waals surface area (Å²) in [4.78, 5) is 11.2. The lowest BCUT2D eigenvalue weighted by atomic mass is 9.89. The molecule has 0 saturated heterocycles. The fourth-order valence-corrected chi connectivity index (χ4v) is 1.32. The zero-order valence-corrected chi connectivity index (χ0v) is 7.98. The van der Waals surface area contributed by atoms with E-state index in [-0.39, 0.29) is 11.8 Å². The molecule has 2 nitrogen and oxygen atoms in total. The predicted octanol–water partition coefficient (Wildman–Crippen LogP) is 1.80. The lowest BCUT2D eigenvalue weighted by Gasteiger charge is -2.19. The van der Waals surface area contributed by atoms with Crippen molar-refractivity contribution in [1.82, 2.24) is 5.32 Å². The fraction of sp³-hybridized carbons (Fsp3) is 0.889. The van der Waals surface area contributed by atoms with Crippen LogP contribution in [0.1, 0.15) is 33.6 Å². The van der Waals surface area contributed by atoms with E-state index < -0.39 is 0 Å². The van der Waals surface area contributed by atoms with E-state index in [9.17, 15) is 4.79 Å². The minimum Gasteiger partial charge on any atom is -0.359 e. The van der Waals surface area contributed by atoms with Crippen LogP contribution in [0.3, 0.4) is 0 Å². The maximum Gasteiger partial charge on any atom is 0.223 e. The van der Waals surface area contributed by atoms with Crippen molar-refractivity contribution in [2.45, 2.75) is 33.6 Å². The first-order chi connectivity index (χ1) is 5.17. The van der Waals surface area contributed by atoms with Gasteiger partial charge >= 0.3 is 0 Å². The van der Waals surface area contributed by atoms with Crippen molar-refractivity contribution in [3.8, 4) is 0 Å². The van der Waals surface area contributed by atoms with Crippen LogP contribution in [0, 0.1) is 11.8 Å². The molecule has 1 N–H and O–H groups in total. The molecular weight excluding hydrogens is 138 g/mol. The zero-order chi connectivity index (χ0) is 8.85. The molecule has 0 aromatic heterocycles. The van der Waals surface area contributed by atoms with Crippen LogP contribution in [-0.2, 0) is 4.79 Å². The van der Waals surface area contributed by atoms with E-state index in [1.54, 1.807) is 7.05 Å². The third-order valence-corrected chi connectivity index (χ3v) is 2.35. The second-order valence-electron chi connectivity index (χ2n) is 3.01. The van der Waals surface area contributed by atoms with Crippen molar-refractivity contribution in [2.75, 3.05) is 7.05 Å². The number of carbonyl (C=O) groups is 1. The molecule has 0 saturated carbocycles. The predicted molar refractivity (Wildman–Crippen MR) is 47.3 cm³/mol. The van der Waals surface area contributed by atoms with Crippen molar-refractivity contribution in [1.29, 1.82) is 0 Å². The Morgan fingerprint density at radius 3 is 2.18 bits per heavy atom. The second-order valence-corrected chi connectivity index (χ2v) is 3.01. The van der Waals surface area contributed by atoms with Gasteiger partial charge in [0.2, 0.25) is 5.91 Å². The molecule has 0 aliphatic carbocycles. The Balaban J connectivity index is 4.03. The van der Waals surface area contributed by atoms with Gasteiger partial charge in [-0.1, -0.05) is 27.2 Å². The van der Waals surface area contributed by atoms with Gasteiger partial charge in [0.1, 0.15) is 0 Å². The first-order valence-electron chi connectivity index (χ1n) is 4.38. The molecule has 0 aromatic carbocycles. The highest BCUT2D eigenvalue weighted by Gasteiger charge is 2.20. The third kappa shape index (κ3) is 2.91. The molecule has 1 amide bonds. The maximum atomic E-state index is 11.2. The van der Waals surface area contributed by atoms with E-state index in [0.717, 1.165) is 12.8 Å². The molecule has 0 aliphatic heterocycles. The molecule has 0 spiro atoms. The van der Waals surface area contributed by atoms with E-state index >= 15 is 0 Å². The topological polar surface area (TPSA) is 29.1 Å². The molecule has 66 valence electrons. The molecule has 0 aliphatic rings. The van der Waals surface area contributed by atoms with Gasteiger partial charge in [-0.2, -0.15) is 0 Å². The first-order valence-corrected chi connectivity index (χ1v) is 4.38. The Morgan fingerprint density at radius 2 is 1.91 bits per heavy atom. The summed E-state index contributed by atoms with van der Waals surface area (Å²) >= 11 is 0. The molecular formula is C9H19NO. The molecule has 2 heteroatoms. The number of rotatable bonds is 4. The third-order valence-electron chi connectivity index (χ3n) is 2.35. The van der Waals surface area contributed by atoms with Crippen LogP contribution in [0.2, 0.25) is 0 Å². The summed E-state index contributed by atoms with van der Waals surface area (Å²) in [6, 6.07) is 0. The molecule has 0 fully saturated rings. The van der Waals surface area contributed by atoms with Crippen molar-refractivity contribution >= 4 is 5.91 Å². The van der Waals surface area contributed by atoms with Gasteiger partial charge in [0.05, 0.1) is 0 Å². The quantitative estimate of drug-likeness (QED) is 0.662. The number of hydrogen-bond acceptors (Lipinski definition) is 1. The van der Waals surface area contributed by atoms with E-state index in [2.05, 4.69) is 26.1 Å². The van der Waals surface area contributed by atoms with Gasteiger partial charge in [-0.25, -0.2) is 0 Å². The fourth-order valence-electron chi connectivity index (χ4n) is 1.32. The van der Waals surface area contributed by atoms with Crippen LogP contribution >= 0.6 is 0 Å². The summed E-state index contributed by atoms with van der Waals surface area (Å²) in [5, 5.41) is 2.69. The van der Waals surface area contributed by atoms with Crippen LogP contribution < -0.4 is 5.32 Å². The Bertz CT molecular complexity index is 123. The van der Waals surface area contributed by atoms with Crippen molar-refractivity contribution in [2.24, 2.45) is 11.8 Å². The van der Waals surface area contributed by atoms with Crippen molar-refractivity contribution in [3.05, 3.63) is 0 Å². The Morgan fingerprint density at radius 1 is 1.36 bits per heavy atom. The summed E-state index contributed by atoms with van der Waals surface area (Å²) in [6.45, 7) is 6.31. The van der Waals surface area contributed by atoms with Gasteiger partial charge in [-0.05, 0) is 12.3 Å². The van der Waals surface area contributed by atoms with Gasteiger partial charge in [0.15, 0.2) is 0 Å². The van der Waals surface area contributed by atoms with Crippen LogP contribution in [0.15, 0.2) is 0 Å². The first kappa shape index (κ1) is 10.5. The van der Waals surface area contributed by atoms with Crippen LogP contribution in [-0.4, -0.2) is 13.0 Å². The molecule has 11 heavy (non-hydrogen) atoms. The number of hydrogen-bond donors (Lipinski definition) is 1. The molecule has 0 radical (unpaired) electrons. The SMILES string of the molecule is CCC(C(=O)NC)[C@H](C)CC. The second kappa shape index (κ2) is 5.16. The lowest BCUT2D eigenvalue weighted by molar-refractivity contribution is -0.126. The average molecular weight is 157 g/mol. The molecule has 0 aromatic rings. The monoisotopic (exact) mass is 157 g/mol. The normalized spacial score (nSPS) is 15.6. The van der Waals surface area contributed by atoms with Crippen LogP contribution in [0.4, 0.5) is 0 Å². The summed E-state index contributed by atoms with van der Waals surface area (Å²) in [5.74, 6) is 0.881. The number of carbonyl (C=O) groups excluding carboxylic acids is 1. The summed E-state index contributed by atoms with van der Waals surface area (Å²) in [6.07, 6.45) is 2.01. The highest BCUT2D eigenvalue weighted by Crippen LogP contribution is 2.18. The Kier molecular flexibility index (Phi) is 4.92. The highest BCUT2D eigenvalue weighted by atomic mass is 16.1. The van der Waals surface area contributed by atoms with E-state index in [0.29, 0.717) is 5.92 Å². The molecule has 0 bridgehead atoms.